The summed E-state index contributed by atoms with van der Waals surface area (Å²) in [5, 5.41) is 0. The van der Waals surface area contributed by atoms with E-state index in [1.54, 1.807) is 0 Å². The van der Waals surface area contributed by atoms with Crippen LogP contribution in [0.1, 0.15) is 11.6 Å². The fourth-order valence-electron chi connectivity index (χ4n) is 1.86. The summed E-state index contributed by atoms with van der Waals surface area (Å²) in [6.45, 7) is 0.684. The Labute approximate surface area is 101 Å². The van der Waals surface area contributed by atoms with E-state index in [1.165, 1.54) is 5.56 Å². The molecule has 2 aromatic rings. The molecular weight excluding hydrogens is 303 g/mol. The Morgan fingerprint density at radius 1 is 1.33 bits per heavy atom. The predicted octanol–water partition coefficient (Wildman–Crippen LogP) is 2.47. The highest BCUT2D eigenvalue weighted by Crippen LogP contribution is 2.32. The molecule has 1 unspecified atom stereocenters. The summed E-state index contributed by atoms with van der Waals surface area (Å²) in [5.74, 6) is 0. The van der Waals surface area contributed by atoms with Gasteiger partial charge in [-0.1, -0.05) is 30.3 Å². The molecule has 0 saturated carbocycles. The van der Waals surface area contributed by atoms with Gasteiger partial charge in [-0.3, -0.25) is 4.57 Å². The Bertz CT molecular complexity index is 481. The van der Waals surface area contributed by atoms with Gasteiger partial charge >= 0.3 is 0 Å². The zero-order valence-electron chi connectivity index (χ0n) is 7.93. The largest absolute Gasteiger partial charge is 0.462 e. The van der Waals surface area contributed by atoms with Crippen LogP contribution in [0, 0.1) is 3.70 Å². The molecule has 0 radical (unpaired) electrons. The number of ether oxygens (including phenoxy) is 1. The van der Waals surface area contributed by atoms with Gasteiger partial charge in [-0.2, -0.15) is 0 Å². The van der Waals surface area contributed by atoms with Gasteiger partial charge in [-0.05, 0) is 28.2 Å². The first-order chi connectivity index (χ1) is 7.36. The van der Waals surface area contributed by atoms with Crippen molar-refractivity contribution in [1.82, 2.24) is 9.55 Å². The fraction of sp³-hybridized carbons (Fsp3) is 0.182. The summed E-state index contributed by atoms with van der Waals surface area (Å²) < 4.78 is 8.79. The molecule has 3 rings (SSSR count). The molecule has 3 nitrogen and oxygen atoms in total. The second-order valence-electron chi connectivity index (χ2n) is 3.47. The topological polar surface area (TPSA) is 27.1 Å². The second-order valence-corrected chi connectivity index (χ2v) is 4.58. The predicted molar refractivity (Wildman–Crippen MR) is 65.0 cm³/mol. The molecule has 1 aliphatic heterocycles. The number of aromatic nitrogens is 2. The van der Waals surface area contributed by atoms with Gasteiger partial charge in [-0.15, -0.1) is 0 Å². The average Bonchev–Trinajstić information content (AvgIpc) is 2.84. The minimum Gasteiger partial charge on any atom is -0.462 e. The van der Waals surface area contributed by atoms with E-state index < -0.39 is 0 Å². The molecule has 2 heterocycles. The van der Waals surface area contributed by atoms with Gasteiger partial charge in [0.1, 0.15) is 10.3 Å². The number of fused-ring (bicyclic) bond motifs is 1. The van der Waals surface area contributed by atoms with Gasteiger partial charge in [0.15, 0.2) is 0 Å². The Balaban J connectivity index is 2.07. The number of benzene rings is 1. The molecule has 1 atom stereocenters. The quantitative estimate of drug-likeness (QED) is 0.757. The van der Waals surface area contributed by atoms with E-state index in [4.69, 9.17) is 4.74 Å². The molecule has 76 valence electrons. The third-order valence-corrected chi connectivity index (χ3v) is 3.38. The summed E-state index contributed by atoms with van der Waals surface area (Å²) in [4.78, 5) is 4.21. The SMILES string of the molecule is Ic1cnc2n1C(c1ccccc1)CO2. The van der Waals surface area contributed by atoms with E-state index in [2.05, 4.69) is 56.4 Å². The van der Waals surface area contributed by atoms with Crippen LogP contribution in [-0.4, -0.2) is 16.2 Å². The van der Waals surface area contributed by atoms with Gasteiger partial charge in [-0.25, -0.2) is 4.98 Å². The lowest BCUT2D eigenvalue weighted by molar-refractivity contribution is 0.331. The molecule has 4 heteroatoms. The number of hydrogen-bond donors (Lipinski definition) is 0. The Morgan fingerprint density at radius 2 is 2.13 bits per heavy atom. The number of rotatable bonds is 1. The first-order valence-electron chi connectivity index (χ1n) is 4.77. The van der Waals surface area contributed by atoms with Gasteiger partial charge in [0, 0.05) is 0 Å². The lowest BCUT2D eigenvalue weighted by Gasteiger charge is -2.11. The van der Waals surface area contributed by atoms with E-state index in [0.717, 1.165) is 9.71 Å². The molecule has 1 aromatic heterocycles. The van der Waals surface area contributed by atoms with Crippen molar-refractivity contribution in [3.8, 4) is 6.01 Å². The molecule has 0 fully saturated rings. The number of halogens is 1. The molecule has 0 spiro atoms. The molecule has 1 aliphatic rings. The van der Waals surface area contributed by atoms with Crippen LogP contribution in [0.2, 0.25) is 0 Å². The maximum absolute atomic E-state index is 5.53. The van der Waals surface area contributed by atoms with Crippen molar-refractivity contribution in [2.75, 3.05) is 6.61 Å². The van der Waals surface area contributed by atoms with Crippen LogP contribution in [0.15, 0.2) is 36.5 Å². The van der Waals surface area contributed by atoms with E-state index in [0.29, 0.717) is 6.61 Å². The monoisotopic (exact) mass is 312 g/mol. The molecule has 0 amide bonds. The Hall–Kier alpha value is -1.04. The van der Waals surface area contributed by atoms with Gasteiger partial charge in [0.25, 0.3) is 6.01 Å². The maximum atomic E-state index is 5.53. The van der Waals surface area contributed by atoms with Gasteiger partial charge < -0.3 is 4.74 Å². The highest BCUT2D eigenvalue weighted by atomic mass is 127. The van der Waals surface area contributed by atoms with Crippen molar-refractivity contribution in [1.29, 1.82) is 0 Å². The first kappa shape index (κ1) is 9.21. The normalized spacial score (nSPS) is 18.6. The van der Waals surface area contributed by atoms with E-state index >= 15 is 0 Å². The van der Waals surface area contributed by atoms with Crippen LogP contribution in [0.3, 0.4) is 0 Å². The van der Waals surface area contributed by atoms with E-state index in [1.807, 2.05) is 12.3 Å². The van der Waals surface area contributed by atoms with Crippen LogP contribution >= 0.6 is 22.6 Å². The first-order valence-corrected chi connectivity index (χ1v) is 5.84. The van der Waals surface area contributed by atoms with Crippen LogP contribution in [0.25, 0.3) is 0 Å². The lowest BCUT2D eigenvalue weighted by atomic mass is 10.1. The zero-order chi connectivity index (χ0) is 10.3. The average molecular weight is 312 g/mol. The van der Waals surface area contributed by atoms with E-state index in [-0.39, 0.29) is 6.04 Å². The summed E-state index contributed by atoms with van der Waals surface area (Å²) >= 11 is 2.28. The van der Waals surface area contributed by atoms with Gasteiger partial charge in [0.05, 0.1) is 12.2 Å². The van der Waals surface area contributed by atoms with Crippen molar-refractivity contribution in [3.63, 3.8) is 0 Å². The van der Waals surface area contributed by atoms with Crippen LogP contribution < -0.4 is 4.74 Å². The van der Waals surface area contributed by atoms with Crippen molar-refractivity contribution < 1.29 is 4.74 Å². The van der Waals surface area contributed by atoms with Gasteiger partial charge in [0.2, 0.25) is 0 Å². The Kier molecular flexibility index (Phi) is 2.16. The number of nitrogens with zero attached hydrogens (tertiary/aromatic N) is 2. The highest BCUT2D eigenvalue weighted by Gasteiger charge is 2.27. The summed E-state index contributed by atoms with van der Waals surface area (Å²) in [6.07, 6.45) is 1.84. The lowest BCUT2D eigenvalue weighted by Crippen LogP contribution is -2.09. The fourth-order valence-corrected chi connectivity index (χ4v) is 2.54. The molecule has 0 bridgehead atoms. The summed E-state index contributed by atoms with van der Waals surface area (Å²) in [6, 6.07) is 11.4. The van der Waals surface area contributed by atoms with Crippen LogP contribution in [0.4, 0.5) is 0 Å². The van der Waals surface area contributed by atoms with Crippen molar-refractivity contribution in [2.45, 2.75) is 6.04 Å². The molecule has 1 aromatic carbocycles. The van der Waals surface area contributed by atoms with Crippen molar-refractivity contribution >= 4 is 22.6 Å². The standard InChI is InChI=1S/C11H9IN2O/c12-10-6-13-11-14(10)9(7-15-11)8-4-2-1-3-5-8/h1-6,9H,7H2. The number of hydrogen-bond acceptors (Lipinski definition) is 2. The maximum Gasteiger partial charge on any atom is 0.297 e. The smallest absolute Gasteiger partial charge is 0.297 e. The second kappa shape index (κ2) is 3.52. The molecule has 0 saturated heterocycles. The van der Waals surface area contributed by atoms with Crippen molar-refractivity contribution in [2.24, 2.45) is 0 Å². The van der Waals surface area contributed by atoms with Crippen LogP contribution in [0.5, 0.6) is 6.01 Å². The van der Waals surface area contributed by atoms with Crippen molar-refractivity contribution in [3.05, 3.63) is 45.8 Å². The zero-order valence-corrected chi connectivity index (χ0v) is 10.1. The minimum atomic E-state index is 0.274. The number of imidazole rings is 1. The molecule has 15 heavy (non-hydrogen) atoms. The summed E-state index contributed by atoms with van der Waals surface area (Å²) in [5.41, 5.74) is 1.27. The molecular formula is C11H9IN2O. The molecule has 0 N–H and O–H groups in total. The van der Waals surface area contributed by atoms with Crippen LogP contribution in [-0.2, 0) is 0 Å². The third-order valence-electron chi connectivity index (χ3n) is 2.58. The highest BCUT2D eigenvalue weighted by molar-refractivity contribution is 14.1. The molecule has 0 aliphatic carbocycles. The minimum absolute atomic E-state index is 0.274. The van der Waals surface area contributed by atoms with E-state index in [9.17, 15) is 0 Å². The summed E-state index contributed by atoms with van der Waals surface area (Å²) in [7, 11) is 0. The Morgan fingerprint density at radius 3 is 2.93 bits per heavy atom. The third kappa shape index (κ3) is 1.43.